The molecule has 13 heavy (non-hydrogen) atoms. The number of rotatable bonds is 1. The van der Waals surface area contributed by atoms with Crippen LogP contribution in [0.5, 0.6) is 5.75 Å². The monoisotopic (exact) mass is 291 g/mol. The Kier molecular flexibility index (Phi) is 3.53. The summed E-state index contributed by atoms with van der Waals surface area (Å²) >= 11 is 2.12. The van der Waals surface area contributed by atoms with Gasteiger partial charge in [0.05, 0.1) is 3.57 Å². The van der Waals surface area contributed by atoms with Crippen LogP contribution in [0.1, 0.15) is 5.56 Å². The second-order valence-corrected chi connectivity index (χ2v) is 3.74. The van der Waals surface area contributed by atoms with Gasteiger partial charge in [0.25, 0.3) is 0 Å². The number of carbonyl (C=O) groups excluding carboxylic acids is 1. The van der Waals surface area contributed by atoms with E-state index in [-0.39, 0.29) is 0 Å². The SMILES string of the molecule is CNC(=O)Oc1cc(C)ccc1I. The zero-order valence-electron chi connectivity index (χ0n) is 7.43. The van der Waals surface area contributed by atoms with E-state index in [4.69, 9.17) is 4.74 Å². The molecule has 0 unspecified atom stereocenters. The zero-order valence-corrected chi connectivity index (χ0v) is 9.58. The lowest BCUT2D eigenvalue weighted by molar-refractivity contribution is 0.202. The molecule has 0 aliphatic carbocycles. The molecule has 0 aromatic heterocycles. The van der Waals surface area contributed by atoms with Crippen molar-refractivity contribution in [2.24, 2.45) is 0 Å². The Balaban J connectivity index is 2.87. The highest BCUT2D eigenvalue weighted by atomic mass is 127. The van der Waals surface area contributed by atoms with Gasteiger partial charge in [-0.05, 0) is 47.2 Å². The minimum absolute atomic E-state index is 0.441. The van der Waals surface area contributed by atoms with E-state index in [2.05, 4.69) is 27.9 Å². The summed E-state index contributed by atoms with van der Waals surface area (Å²) in [6.07, 6.45) is -0.441. The van der Waals surface area contributed by atoms with Gasteiger partial charge in [-0.15, -0.1) is 0 Å². The lowest BCUT2D eigenvalue weighted by Crippen LogP contribution is -2.22. The third kappa shape index (κ3) is 2.87. The minimum Gasteiger partial charge on any atom is -0.409 e. The maximum atomic E-state index is 10.9. The normalized spacial score (nSPS) is 9.46. The van der Waals surface area contributed by atoms with Crippen LogP contribution in [0, 0.1) is 10.5 Å². The molecule has 0 aliphatic heterocycles. The molecular weight excluding hydrogens is 281 g/mol. The minimum atomic E-state index is -0.441. The Morgan fingerprint density at radius 3 is 2.85 bits per heavy atom. The van der Waals surface area contributed by atoms with E-state index in [0.717, 1.165) is 9.13 Å². The van der Waals surface area contributed by atoms with Crippen molar-refractivity contribution in [1.29, 1.82) is 0 Å². The molecule has 1 aromatic rings. The van der Waals surface area contributed by atoms with Crippen LogP contribution in [-0.2, 0) is 0 Å². The van der Waals surface area contributed by atoms with Gasteiger partial charge in [-0.1, -0.05) is 6.07 Å². The molecule has 1 rings (SSSR count). The van der Waals surface area contributed by atoms with Gasteiger partial charge in [0.1, 0.15) is 5.75 Å². The van der Waals surface area contributed by atoms with E-state index in [1.165, 1.54) is 7.05 Å². The number of hydrogen-bond acceptors (Lipinski definition) is 2. The number of carbonyl (C=O) groups is 1. The third-order valence-corrected chi connectivity index (χ3v) is 2.38. The van der Waals surface area contributed by atoms with Crippen LogP contribution in [0.15, 0.2) is 18.2 Å². The Hall–Kier alpha value is -0.780. The molecule has 0 saturated carbocycles. The molecule has 0 atom stereocenters. The molecule has 0 spiro atoms. The molecule has 0 bridgehead atoms. The number of ether oxygens (including phenoxy) is 1. The number of halogens is 1. The second-order valence-electron chi connectivity index (χ2n) is 2.57. The fraction of sp³-hybridized carbons (Fsp3) is 0.222. The van der Waals surface area contributed by atoms with Gasteiger partial charge >= 0.3 is 6.09 Å². The Labute approximate surface area is 90.6 Å². The molecular formula is C9H10INO2. The van der Waals surface area contributed by atoms with Gasteiger partial charge in [-0.3, -0.25) is 0 Å². The molecule has 0 fully saturated rings. The topological polar surface area (TPSA) is 38.3 Å². The van der Waals surface area contributed by atoms with Gasteiger partial charge in [0.2, 0.25) is 0 Å². The van der Waals surface area contributed by atoms with Gasteiger partial charge in [-0.2, -0.15) is 0 Å². The predicted octanol–water partition coefficient (Wildman–Crippen LogP) is 2.32. The highest BCUT2D eigenvalue weighted by Gasteiger charge is 2.05. The molecule has 4 heteroatoms. The Morgan fingerprint density at radius 1 is 1.54 bits per heavy atom. The fourth-order valence-electron chi connectivity index (χ4n) is 0.840. The molecule has 3 nitrogen and oxygen atoms in total. The molecule has 1 N–H and O–H groups in total. The largest absolute Gasteiger partial charge is 0.412 e. The number of hydrogen-bond donors (Lipinski definition) is 1. The number of benzene rings is 1. The van der Waals surface area contributed by atoms with Crippen molar-refractivity contribution in [3.63, 3.8) is 0 Å². The first-order valence-corrected chi connectivity index (χ1v) is 4.87. The average Bonchev–Trinajstić information content (AvgIpc) is 2.11. The second kappa shape index (κ2) is 4.45. The van der Waals surface area contributed by atoms with Crippen molar-refractivity contribution in [1.82, 2.24) is 5.32 Å². The van der Waals surface area contributed by atoms with Crippen molar-refractivity contribution in [2.45, 2.75) is 6.92 Å². The molecule has 70 valence electrons. The first-order chi connectivity index (χ1) is 6.13. The lowest BCUT2D eigenvalue weighted by atomic mass is 10.2. The molecule has 0 heterocycles. The molecule has 1 aromatic carbocycles. The van der Waals surface area contributed by atoms with E-state index >= 15 is 0 Å². The molecule has 0 aliphatic rings. The average molecular weight is 291 g/mol. The van der Waals surface area contributed by atoms with Crippen molar-refractivity contribution < 1.29 is 9.53 Å². The van der Waals surface area contributed by atoms with Gasteiger partial charge in [0, 0.05) is 7.05 Å². The van der Waals surface area contributed by atoms with Gasteiger partial charge < -0.3 is 10.1 Å². The number of aryl methyl sites for hydroxylation is 1. The van der Waals surface area contributed by atoms with Gasteiger partial charge in [0.15, 0.2) is 0 Å². The van der Waals surface area contributed by atoms with Crippen molar-refractivity contribution in [3.05, 3.63) is 27.3 Å². The van der Waals surface area contributed by atoms with Gasteiger partial charge in [-0.25, -0.2) is 4.79 Å². The predicted molar refractivity (Wildman–Crippen MR) is 59.0 cm³/mol. The van der Waals surface area contributed by atoms with Crippen LogP contribution in [0.4, 0.5) is 4.79 Å². The van der Waals surface area contributed by atoms with E-state index in [9.17, 15) is 4.79 Å². The maximum absolute atomic E-state index is 10.9. The molecule has 0 radical (unpaired) electrons. The van der Waals surface area contributed by atoms with E-state index in [1.807, 2.05) is 25.1 Å². The molecule has 1 amide bonds. The van der Waals surface area contributed by atoms with E-state index in [0.29, 0.717) is 5.75 Å². The Bertz CT molecular complexity index is 325. The quantitative estimate of drug-likeness (QED) is 0.806. The first kappa shape index (κ1) is 10.3. The van der Waals surface area contributed by atoms with Crippen LogP contribution < -0.4 is 10.1 Å². The lowest BCUT2D eigenvalue weighted by Gasteiger charge is -2.05. The number of amides is 1. The zero-order chi connectivity index (χ0) is 9.84. The maximum Gasteiger partial charge on any atom is 0.412 e. The summed E-state index contributed by atoms with van der Waals surface area (Å²) in [4.78, 5) is 10.9. The standard InChI is InChI=1S/C9H10INO2/c1-6-3-4-7(10)8(5-6)13-9(12)11-2/h3-5H,1-2H3,(H,11,12). The molecule has 0 saturated heterocycles. The summed E-state index contributed by atoms with van der Waals surface area (Å²) in [5.41, 5.74) is 1.07. The van der Waals surface area contributed by atoms with E-state index < -0.39 is 6.09 Å². The van der Waals surface area contributed by atoms with Crippen molar-refractivity contribution in [2.75, 3.05) is 7.05 Å². The van der Waals surface area contributed by atoms with Crippen LogP contribution in [-0.4, -0.2) is 13.1 Å². The summed E-state index contributed by atoms with van der Waals surface area (Å²) < 4.78 is 5.94. The highest BCUT2D eigenvalue weighted by molar-refractivity contribution is 14.1. The van der Waals surface area contributed by atoms with E-state index in [1.54, 1.807) is 0 Å². The van der Waals surface area contributed by atoms with Crippen LogP contribution in [0.3, 0.4) is 0 Å². The van der Waals surface area contributed by atoms with Crippen LogP contribution >= 0.6 is 22.6 Å². The summed E-state index contributed by atoms with van der Waals surface area (Å²) in [6, 6.07) is 5.71. The summed E-state index contributed by atoms with van der Waals surface area (Å²) in [5, 5.41) is 2.40. The fourth-order valence-corrected chi connectivity index (χ4v) is 1.29. The summed E-state index contributed by atoms with van der Waals surface area (Å²) in [5.74, 6) is 0.597. The summed E-state index contributed by atoms with van der Waals surface area (Å²) in [6.45, 7) is 1.95. The Morgan fingerprint density at radius 2 is 2.23 bits per heavy atom. The smallest absolute Gasteiger partial charge is 0.409 e. The third-order valence-electron chi connectivity index (χ3n) is 1.49. The van der Waals surface area contributed by atoms with Crippen molar-refractivity contribution >= 4 is 28.7 Å². The first-order valence-electron chi connectivity index (χ1n) is 3.79. The number of nitrogens with one attached hydrogen (secondary N) is 1. The highest BCUT2D eigenvalue weighted by Crippen LogP contribution is 2.21. The van der Waals surface area contributed by atoms with Crippen LogP contribution in [0.25, 0.3) is 0 Å². The summed E-state index contributed by atoms with van der Waals surface area (Å²) in [7, 11) is 1.53. The van der Waals surface area contributed by atoms with Crippen LogP contribution in [0.2, 0.25) is 0 Å². The van der Waals surface area contributed by atoms with Crippen molar-refractivity contribution in [3.8, 4) is 5.75 Å².